The molecule has 0 aromatic carbocycles. The minimum Gasteiger partial charge on any atom is -0.239 e. The highest BCUT2D eigenvalue weighted by Crippen LogP contribution is 2.08. The van der Waals surface area contributed by atoms with E-state index in [9.17, 15) is 0 Å². The summed E-state index contributed by atoms with van der Waals surface area (Å²) in [6, 6.07) is 0. The summed E-state index contributed by atoms with van der Waals surface area (Å²) in [6.07, 6.45) is 5.27. The Labute approximate surface area is 66.4 Å². The van der Waals surface area contributed by atoms with Gasteiger partial charge in [0.1, 0.15) is 6.34 Å². The summed E-state index contributed by atoms with van der Waals surface area (Å²) in [5.74, 6) is 0. The van der Waals surface area contributed by atoms with E-state index >= 15 is 0 Å². The summed E-state index contributed by atoms with van der Waals surface area (Å²) in [4.78, 5) is 3.99. The molecule has 11 heavy (non-hydrogen) atoms. The Balaban J connectivity index is 2.81. The standard InChI is InChI=1S/C8H11N3/c1-4-5-11-8(3)7(2)9-6-10-11/h4-6H,3H2,1-2H3/b5-4-. The fourth-order valence-electron chi connectivity index (χ4n) is 0.748. The lowest BCUT2D eigenvalue weighted by Crippen LogP contribution is -2.18. The highest BCUT2D eigenvalue weighted by atomic mass is 15.5. The van der Waals surface area contributed by atoms with Gasteiger partial charge in [0, 0.05) is 6.20 Å². The van der Waals surface area contributed by atoms with Crippen LogP contribution in [0.25, 0.3) is 0 Å². The molecule has 0 amide bonds. The van der Waals surface area contributed by atoms with Gasteiger partial charge in [-0.2, -0.15) is 5.10 Å². The maximum atomic E-state index is 3.99. The average Bonchev–Trinajstić information content (AvgIpc) is 1.99. The normalized spacial score (nSPS) is 17.8. The second kappa shape index (κ2) is 3.14. The van der Waals surface area contributed by atoms with Gasteiger partial charge in [-0.25, -0.2) is 10.0 Å². The third-order valence-corrected chi connectivity index (χ3v) is 1.41. The van der Waals surface area contributed by atoms with Crippen LogP contribution in [0, 0.1) is 0 Å². The molecule has 0 N–H and O–H groups in total. The molecule has 0 aromatic heterocycles. The lowest BCUT2D eigenvalue weighted by Gasteiger charge is -2.18. The first-order valence-corrected chi connectivity index (χ1v) is 3.44. The molecule has 0 aliphatic carbocycles. The molecule has 0 radical (unpaired) electrons. The molecule has 0 saturated heterocycles. The lowest BCUT2D eigenvalue weighted by molar-refractivity contribution is 0.521. The highest BCUT2D eigenvalue weighted by molar-refractivity contribution is 6.02. The largest absolute Gasteiger partial charge is 0.239 e. The van der Waals surface area contributed by atoms with Gasteiger partial charge >= 0.3 is 0 Å². The van der Waals surface area contributed by atoms with Gasteiger partial charge in [-0.15, -0.1) is 0 Å². The van der Waals surface area contributed by atoms with E-state index in [1.807, 2.05) is 26.1 Å². The van der Waals surface area contributed by atoms with Gasteiger partial charge in [-0.1, -0.05) is 12.7 Å². The van der Waals surface area contributed by atoms with Crippen LogP contribution in [0.2, 0.25) is 0 Å². The Morgan fingerprint density at radius 1 is 1.64 bits per heavy atom. The van der Waals surface area contributed by atoms with Crippen LogP contribution in [0.15, 0.2) is 34.6 Å². The van der Waals surface area contributed by atoms with Crippen molar-refractivity contribution in [3.63, 3.8) is 0 Å². The molecule has 0 unspecified atom stereocenters. The third kappa shape index (κ3) is 1.55. The average molecular weight is 149 g/mol. The number of allylic oxidation sites excluding steroid dienone is 2. The minimum atomic E-state index is 0.825. The van der Waals surface area contributed by atoms with Crippen LogP contribution in [0.5, 0.6) is 0 Å². The Morgan fingerprint density at radius 2 is 2.36 bits per heavy atom. The van der Waals surface area contributed by atoms with Gasteiger partial charge in [0.15, 0.2) is 0 Å². The minimum absolute atomic E-state index is 0.825. The van der Waals surface area contributed by atoms with Crippen molar-refractivity contribution >= 4 is 12.1 Å². The highest BCUT2D eigenvalue weighted by Gasteiger charge is 2.07. The predicted octanol–water partition coefficient (Wildman–Crippen LogP) is 1.75. The second-order valence-electron chi connectivity index (χ2n) is 2.22. The second-order valence-corrected chi connectivity index (χ2v) is 2.22. The number of hydrogen-bond acceptors (Lipinski definition) is 3. The van der Waals surface area contributed by atoms with Gasteiger partial charge in [0.05, 0.1) is 11.4 Å². The first-order valence-electron chi connectivity index (χ1n) is 3.44. The molecule has 0 bridgehead atoms. The van der Waals surface area contributed by atoms with E-state index in [1.165, 1.54) is 6.34 Å². The van der Waals surface area contributed by atoms with Crippen LogP contribution in [0.3, 0.4) is 0 Å². The van der Waals surface area contributed by atoms with Crippen LogP contribution in [-0.4, -0.2) is 17.1 Å². The van der Waals surface area contributed by atoms with Crippen molar-refractivity contribution < 1.29 is 0 Å². The molecule has 0 saturated carbocycles. The number of hydrazone groups is 1. The number of nitrogens with zero attached hydrogens (tertiary/aromatic N) is 3. The van der Waals surface area contributed by atoms with Gasteiger partial charge < -0.3 is 0 Å². The maximum absolute atomic E-state index is 3.99. The summed E-state index contributed by atoms with van der Waals surface area (Å²) >= 11 is 0. The van der Waals surface area contributed by atoms with Crippen LogP contribution in [0.1, 0.15) is 13.8 Å². The molecule has 1 aliphatic rings. The lowest BCUT2D eigenvalue weighted by atomic mass is 10.3. The summed E-state index contributed by atoms with van der Waals surface area (Å²) in [5, 5.41) is 5.68. The third-order valence-electron chi connectivity index (χ3n) is 1.41. The van der Waals surface area contributed by atoms with Gasteiger partial charge in [0.25, 0.3) is 0 Å². The molecular formula is C8H11N3. The molecule has 0 fully saturated rings. The van der Waals surface area contributed by atoms with Crippen molar-refractivity contribution in [1.29, 1.82) is 0 Å². The van der Waals surface area contributed by atoms with E-state index in [1.54, 1.807) is 5.01 Å². The van der Waals surface area contributed by atoms with Gasteiger partial charge in [0.2, 0.25) is 0 Å². The molecule has 1 rings (SSSR count). The van der Waals surface area contributed by atoms with E-state index in [0.717, 1.165) is 11.4 Å². The Hall–Kier alpha value is -1.38. The van der Waals surface area contributed by atoms with Crippen molar-refractivity contribution in [1.82, 2.24) is 5.01 Å². The van der Waals surface area contributed by atoms with Crippen LogP contribution >= 0.6 is 0 Å². The van der Waals surface area contributed by atoms with Crippen molar-refractivity contribution in [3.8, 4) is 0 Å². The van der Waals surface area contributed by atoms with E-state index in [4.69, 9.17) is 0 Å². The molecule has 58 valence electrons. The first kappa shape index (κ1) is 7.72. The topological polar surface area (TPSA) is 28.0 Å². The SMILES string of the molecule is C=C1C(C)=NC=NN1/C=C\C. The number of aliphatic imine (C=N–C) groups is 1. The van der Waals surface area contributed by atoms with E-state index in [-0.39, 0.29) is 0 Å². The summed E-state index contributed by atoms with van der Waals surface area (Å²) in [7, 11) is 0. The molecule has 1 heterocycles. The molecule has 3 nitrogen and oxygen atoms in total. The fourth-order valence-corrected chi connectivity index (χ4v) is 0.748. The van der Waals surface area contributed by atoms with E-state index in [0.29, 0.717) is 0 Å². The quantitative estimate of drug-likeness (QED) is 0.558. The summed E-state index contributed by atoms with van der Waals surface area (Å²) in [6.45, 7) is 7.67. The van der Waals surface area contributed by atoms with Crippen LogP contribution < -0.4 is 0 Å². The first-order chi connectivity index (χ1) is 5.25. The molecule has 0 spiro atoms. The van der Waals surface area contributed by atoms with Crippen molar-refractivity contribution in [2.24, 2.45) is 10.1 Å². The zero-order valence-electron chi connectivity index (χ0n) is 6.78. The van der Waals surface area contributed by atoms with Crippen molar-refractivity contribution in [2.45, 2.75) is 13.8 Å². The molecule has 0 aromatic rings. The Morgan fingerprint density at radius 3 is 3.00 bits per heavy atom. The summed E-state index contributed by atoms with van der Waals surface area (Å²) in [5.41, 5.74) is 1.73. The zero-order chi connectivity index (χ0) is 8.27. The van der Waals surface area contributed by atoms with Crippen molar-refractivity contribution in [2.75, 3.05) is 0 Å². The Kier molecular flexibility index (Phi) is 2.21. The molecular weight excluding hydrogens is 138 g/mol. The summed E-state index contributed by atoms with van der Waals surface area (Å²) < 4.78 is 0. The fraction of sp³-hybridized carbons (Fsp3) is 0.250. The smallest absolute Gasteiger partial charge is 0.136 e. The number of rotatable bonds is 1. The van der Waals surface area contributed by atoms with Crippen molar-refractivity contribution in [3.05, 3.63) is 24.6 Å². The Bertz CT molecular complexity index is 248. The van der Waals surface area contributed by atoms with Crippen LogP contribution in [-0.2, 0) is 0 Å². The molecule has 1 aliphatic heterocycles. The maximum Gasteiger partial charge on any atom is 0.136 e. The molecule has 0 atom stereocenters. The van der Waals surface area contributed by atoms with Crippen LogP contribution in [0.4, 0.5) is 0 Å². The number of hydrogen-bond donors (Lipinski definition) is 0. The molecule has 3 heteroatoms. The van der Waals surface area contributed by atoms with Gasteiger partial charge in [-0.05, 0) is 13.8 Å². The van der Waals surface area contributed by atoms with Gasteiger partial charge in [-0.3, -0.25) is 0 Å². The van der Waals surface area contributed by atoms with E-state index < -0.39 is 0 Å². The predicted molar refractivity (Wildman–Crippen MR) is 47.4 cm³/mol. The monoisotopic (exact) mass is 149 g/mol. The zero-order valence-corrected chi connectivity index (χ0v) is 6.78. The van der Waals surface area contributed by atoms with E-state index in [2.05, 4.69) is 16.7 Å².